The van der Waals surface area contributed by atoms with Crippen LogP contribution in [0.5, 0.6) is 0 Å². The number of benzene rings is 2. The van der Waals surface area contributed by atoms with Gasteiger partial charge in [0.2, 0.25) is 10.0 Å². The van der Waals surface area contributed by atoms with Crippen molar-refractivity contribution < 1.29 is 27.1 Å². The van der Waals surface area contributed by atoms with E-state index in [-0.39, 0.29) is 27.6 Å². The molecule has 1 fully saturated rings. The molecule has 1 amide bonds. The number of nitrogens with zero attached hydrogens (tertiary/aromatic N) is 1. The smallest absolute Gasteiger partial charge is 0.310 e. The molecular weight excluding hydrogens is 459 g/mol. The standard InChI is InChI=1S/C22H24ClFN2O5S/c23-18-10-9-17(32(29,30)26-11-5-1-2-6-12-26)14-20(18)25-21(27)15-31-22(28)13-16-7-3-4-8-19(16)24/h3-4,7-10,14H,1-2,5-6,11-13,15H2,(H,25,27). The summed E-state index contributed by atoms with van der Waals surface area (Å²) in [6, 6.07) is 9.85. The molecule has 0 saturated carbocycles. The summed E-state index contributed by atoms with van der Waals surface area (Å²) in [4.78, 5) is 24.1. The Bertz CT molecular complexity index is 1090. The number of carbonyl (C=O) groups is 2. The van der Waals surface area contributed by atoms with Crippen molar-refractivity contribution in [2.24, 2.45) is 0 Å². The van der Waals surface area contributed by atoms with E-state index in [0.717, 1.165) is 25.7 Å². The van der Waals surface area contributed by atoms with Crippen molar-refractivity contribution in [3.05, 3.63) is 58.9 Å². The van der Waals surface area contributed by atoms with Crippen molar-refractivity contribution in [1.29, 1.82) is 0 Å². The number of nitrogens with one attached hydrogen (secondary N) is 1. The van der Waals surface area contributed by atoms with Gasteiger partial charge in [0.05, 0.1) is 22.0 Å². The fraction of sp³-hybridized carbons (Fsp3) is 0.364. The molecule has 10 heteroatoms. The molecule has 172 valence electrons. The van der Waals surface area contributed by atoms with Gasteiger partial charge in [-0.05, 0) is 42.7 Å². The third-order valence-corrected chi connectivity index (χ3v) is 7.30. The highest BCUT2D eigenvalue weighted by Gasteiger charge is 2.26. The fourth-order valence-corrected chi connectivity index (χ4v) is 5.08. The van der Waals surface area contributed by atoms with E-state index in [0.29, 0.717) is 13.1 Å². The first-order valence-electron chi connectivity index (χ1n) is 10.3. The minimum atomic E-state index is -3.72. The van der Waals surface area contributed by atoms with Crippen molar-refractivity contribution in [1.82, 2.24) is 4.31 Å². The number of carbonyl (C=O) groups excluding carboxylic acids is 2. The molecule has 2 aromatic carbocycles. The van der Waals surface area contributed by atoms with Gasteiger partial charge in [-0.25, -0.2) is 12.8 Å². The van der Waals surface area contributed by atoms with Gasteiger partial charge in [-0.15, -0.1) is 0 Å². The van der Waals surface area contributed by atoms with Crippen LogP contribution in [0, 0.1) is 5.82 Å². The quantitative estimate of drug-likeness (QED) is 0.606. The zero-order chi connectivity index (χ0) is 23.1. The molecular formula is C22H24ClFN2O5S. The highest BCUT2D eigenvalue weighted by Crippen LogP contribution is 2.28. The van der Waals surface area contributed by atoms with E-state index in [4.69, 9.17) is 16.3 Å². The van der Waals surface area contributed by atoms with Gasteiger partial charge >= 0.3 is 5.97 Å². The molecule has 2 aromatic rings. The Labute approximate surface area is 191 Å². The van der Waals surface area contributed by atoms with Crippen LogP contribution in [0.4, 0.5) is 10.1 Å². The van der Waals surface area contributed by atoms with Gasteiger partial charge in [0, 0.05) is 13.1 Å². The maximum atomic E-state index is 13.6. The van der Waals surface area contributed by atoms with E-state index in [1.54, 1.807) is 6.07 Å². The second-order valence-corrected chi connectivity index (χ2v) is 9.78. The van der Waals surface area contributed by atoms with Crippen LogP contribution < -0.4 is 5.32 Å². The van der Waals surface area contributed by atoms with Crippen molar-refractivity contribution in [3.8, 4) is 0 Å². The number of hydrogen-bond donors (Lipinski definition) is 1. The van der Waals surface area contributed by atoms with Crippen molar-refractivity contribution in [2.75, 3.05) is 25.0 Å². The molecule has 0 spiro atoms. The Hall–Kier alpha value is -2.49. The van der Waals surface area contributed by atoms with Crippen molar-refractivity contribution in [2.45, 2.75) is 37.0 Å². The molecule has 0 bridgehead atoms. The van der Waals surface area contributed by atoms with Crippen LogP contribution in [-0.2, 0) is 30.8 Å². The van der Waals surface area contributed by atoms with Gasteiger partial charge in [0.25, 0.3) is 5.91 Å². The zero-order valence-corrected chi connectivity index (χ0v) is 18.9. The maximum Gasteiger partial charge on any atom is 0.310 e. The summed E-state index contributed by atoms with van der Waals surface area (Å²) < 4.78 is 45.9. The molecule has 0 aromatic heterocycles. The SMILES string of the molecule is O=C(COC(=O)Cc1ccccc1F)Nc1cc(S(=O)(=O)N2CCCCCC2)ccc1Cl. The monoisotopic (exact) mass is 482 g/mol. The summed E-state index contributed by atoms with van der Waals surface area (Å²) in [7, 11) is -3.72. The summed E-state index contributed by atoms with van der Waals surface area (Å²) in [5, 5.41) is 2.61. The number of hydrogen-bond acceptors (Lipinski definition) is 5. The average Bonchev–Trinajstić information content (AvgIpc) is 3.06. The van der Waals surface area contributed by atoms with Crippen molar-refractivity contribution >= 4 is 39.2 Å². The van der Waals surface area contributed by atoms with Crippen LogP contribution in [0.15, 0.2) is 47.4 Å². The molecule has 0 radical (unpaired) electrons. The average molecular weight is 483 g/mol. The number of ether oxygens (including phenoxy) is 1. The summed E-state index contributed by atoms with van der Waals surface area (Å²) in [6.07, 6.45) is 3.26. The molecule has 1 aliphatic rings. The van der Waals surface area contributed by atoms with Gasteiger partial charge in [-0.3, -0.25) is 9.59 Å². The van der Waals surface area contributed by atoms with E-state index in [2.05, 4.69) is 5.32 Å². The molecule has 1 saturated heterocycles. The first-order chi connectivity index (χ1) is 15.3. The number of esters is 1. The van der Waals surface area contributed by atoms with Gasteiger partial charge < -0.3 is 10.1 Å². The molecule has 1 aliphatic heterocycles. The van der Waals surface area contributed by atoms with Crippen LogP contribution in [0.2, 0.25) is 5.02 Å². The largest absolute Gasteiger partial charge is 0.455 e. The second kappa shape index (κ2) is 10.9. The molecule has 0 aliphatic carbocycles. The third-order valence-electron chi connectivity index (χ3n) is 5.07. The highest BCUT2D eigenvalue weighted by molar-refractivity contribution is 7.89. The number of rotatable bonds is 7. The molecule has 7 nitrogen and oxygen atoms in total. The molecule has 1 heterocycles. The number of anilines is 1. The lowest BCUT2D eigenvalue weighted by Gasteiger charge is -2.20. The first-order valence-corrected chi connectivity index (χ1v) is 12.1. The molecule has 1 N–H and O–H groups in total. The number of halogens is 2. The molecule has 0 atom stereocenters. The Kier molecular flexibility index (Phi) is 8.22. The predicted molar refractivity (Wildman–Crippen MR) is 118 cm³/mol. The van der Waals surface area contributed by atoms with Crippen LogP contribution >= 0.6 is 11.6 Å². The minimum absolute atomic E-state index is 0.0237. The van der Waals surface area contributed by atoms with Crippen molar-refractivity contribution in [3.63, 3.8) is 0 Å². The summed E-state index contributed by atoms with van der Waals surface area (Å²) in [6.45, 7) is 0.280. The van der Waals surface area contributed by atoms with Crippen LogP contribution in [-0.4, -0.2) is 44.3 Å². The van der Waals surface area contributed by atoms with Gasteiger partial charge in [0.1, 0.15) is 5.82 Å². The summed E-state index contributed by atoms with van der Waals surface area (Å²) in [5.41, 5.74) is 0.255. The summed E-state index contributed by atoms with van der Waals surface area (Å²) in [5.74, 6) is -2.00. The van der Waals surface area contributed by atoms with Gasteiger partial charge in [0.15, 0.2) is 6.61 Å². The fourth-order valence-electron chi connectivity index (χ4n) is 3.37. The Morgan fingerprint density at radius 2 is 1.75 bits per heavy atom. The molecule has 3 rings (SSSR count). The second-order valence-electron chi connectivity index (χ2n) is 7.44. The third kappa shape index (κ3) is 6.27. The van der Waals surface area contributed by atoms with E-state index >= 15 is 0 Å². The lowest BCUT2D eigenvalue weighted by atomic mass is 10.1. The lowest BCUT2D eigenvalue weighted by molar-refractivity contribution is -0.146. The molecule has 0 unspecified atom stereocenters. The number of sulfonamides is 1. The first kappa shape index (κ1) is 24.2. The van der Waals surface area contributed by atoms with E-state index in [9.17, 15) is 22.4 Å². The lowest BCUT2D eigenvalue weighted by Crippen LogP contribution is -2.32. The van der Waals surface area contributed by atoms with E-state index < -0.39 is 34.3 Å². The van der Waals surface area contributed by atoms with E-state index in [1.165, 1.54) is 40.7 Å². The van der Waals surface area contributed by atoms with Gasteiger partial charge in [-0.1, -0.05) is 42.6 Å². The Morgan fingerprint density at radius 1 is 1.06 bits per heavy atom. The zero-order valence-electron chi connectivity index (χ0n) is 17.4. The Morgan fingerprint density at radius 3 is 2.44 bits per heavy atom. The highest BCUT2D eigenvalue weighted by atomic mass is 35.5. The predicted octanol–water partition coefficient (Wildman–Crippen LogP) is 3.77. The normalized spacial score (nSPS) is 15.1. The van der Waals surface area contributed by atoms with E-state index in [1.807, 2.05) is 0 Å². The van der Waals surface area contributed by atoms with Gasteiger partial charge in [-0.2, -0.15) is 4.31 Å². The Balaban J connectivity index is 1.62. The van der Waals surface area contributed by atoms with Crippen LogP contribution in [0.1, 0.15) is 31.2 Å². The maximum absolute atomic E-state index is 13.6. The van der Waals surface area contributed by atoms with Crippen LogP contribution in [0.3, 0.4) is 0 Å². The number of amides is 1. The summed E-state index contributed by atoms with van der Waals surface area (Å²) >= 11 is 6.12. The topological polar surface area (TPSA) is 92.8 Å². The van der Waals surface area contributed by atoms with Crippen LogP contribution in [0.25, 0.3) is 0 Å². The minimum Gasteiger partial charge on any atom is -0.455 e. The molecule has 32 heavy (non-hydrogen) atoms.